The Kier molecular flexibility index (Phi) is 4.46. The number of carbonyl (C=O) groups excluding carboxylic acids is 1. The number of ether oxygens (including phenoxy) is 2. The van der Waals surface area contributed by atoms with E-state index in [0.717, 1.165) is 6.29 Å². The van der Waals surface area contributed by atoms with E-state index < -0.39 is 0 Å². The SMILES string of the molecule is COc1cc(C=O)ccc1OCc1nnnn1-c1ccc(F)cc1. The van der Waals surface area contributed by atoms with Crippen LogP contribution in [0, 0.1) is 5.82 Å². The van der Waals surface area contributed by atoms with E-state index in [4.69, 9.17) is 9.47 Å². The van der Waals surface area contributed by atoms with Gasteiger partial charge in [-0.25, -0.2) is 4.39 Å². The van der Waals surface area contributed by atoms with Gasteiger partial charge in [-0.2, -0.15) is 4.68 Å². The summed E-state index contributed by atoms with van der Waals surface area (Å²) in [5.41, 5.74) is 1.10. The lowest BCUT2D eigenvalue weighted by Crippen LogP contribution is -2.07. The molecule has 2 aromatic carbocycles. The van der Waals surface area contributed by atoms with Crippen molar-refractivity contribution in [3.63, 3.8) is 0 Å². The maximum Gasteiger partial charge on any atom is 0.194 e. The fourth-order valence-corrected chi connectivity index (χ4v) is 2.10. The number of tetrazole rings is 1. The van der Waals surface area contributed by atoms with Gasteiger partial charge in [-0.1, -0.05) is 0 Å². The minimum Gasteiger partial charge on any atom is -0.493 e. The molecule has 0 bridgehead atoms. The van der Waals surface area contributed by atoms with Gasteiger partial charge in [-0.15, -0.1) is 5.10 Å². The second-order valence-electron chi connectivity index (χ2n) is 4.80. The molecule has 0 radical (unpaired) electrons. The van der Waals surface area contributed by atoms with Crippen molar-refractivity contribution in [2.75, 3.05) is 7.11 Å². The summed E-state index contributed by atoms with van der Waals surface area (Å²) >= 11 is 0. The van der Waals surface area contributed by atoms with Crippen molar-refractivity contribution >= 4 is 6.29 Å². The van der Waals surface area contributed by atoms with Gasteiger partial charge in [0.25, 0.3) is 0 Å². The number of benzene rings is 2. The predicted octanol–water partition coefficient (Wildman–Crippen LogP) is 2.20. The molecule has 3 aromatic rings. The Morgan fingerprint density at radius 3 is 2.67 bits per heavy atom. The molecule has 0 spiro atoms. The molecule has 0 unspecified atom stereocenters. The summed E-state index contributed by atoms with van der Waals surface area (Å²) in [6, 6.07) is 10.6. The van der Waals surface area contributed by atoms with Gasteiger partial charge in [-0.3, -0.25) is 4.79 Å². The van der Waals surface area contributed by atoms with E-state index in [1.165, 1.54) is 23.9 Å². The first-order valence-corrected chi connectivity index (χ1v) is 7.00. The van der Waals surface area contributed by atoms with Crippen LogP contribution in [0.5, 0.6) is 11.5 Å². The largest absolute Gasteiger partial charge is 0.493 e. The maximum absolute atomic E-state index is 13.0. The monoisotopic (exact) mass is 328 g/mol. The Morgan fingerprint density at radius 2 is 1.96 bits per heavy atom. The summed E-state index contributed by atoms with van der Waals surface area (Å²) in [5, 5.41) is 11.4. The molecule has 8 heteroatoms. The van der Waals surface area contributed by atoms with Gasteiger partial charge in [0.05, 0.1) is 12.8 Å². The average Bonchev–Trinajstić information content (AvgIpc) is 3.09. The summed E-state index contributed by atoms with van der Waals surface area (Å²) in [6.07, 6.45) is 0.724. The summed E-state index contributed by atoms with van der Waals surface area (Å²) in [4.78, 5) is 10.8. The molecule has 1 heterocycles. The van der Waals surface area contributed by atoms with Crippen molar-refractivity contribution in [1.29, 1.82) is 0 Å². The number of rotatable bonds is 6. The van der Waals surface area contributed by atoms with Crippen LogP contribution in [0.25, 0.3) is 5.69 Å². The third kappa shape index (κ3) is 3.22. The predicted molar refractivity (Wildman–Crippen MR) is 81.8 cm³/mol. The molecule has 0 saturated carbocycles. The highest BCUT2D eigenvalue weighted by molar-refractivity contribution is 5.76. The number of hydrogen-bond donors (Lipinski definition) is 0. The average molecular weight is 328 g/mol. The van der Waals surface area contributed by atoms with Crippen LogP contribution >= 0.6 is 0 Å². The van der Waals surface area contributed by atoms with Crippen molar-refractivity contribution in [3.8, 4) is 17.2 Å². The van der Waals surface area contributed by atoms with Crippen LogP contribution in [0.3, 0.4) is 0 Å². The van der Waals surface area contributed by atoms with Crippen LogP contribution in [-0.4, -0.2) is 33.6 Å². The topological polar surface area (TPSA) is 79.1 Å². The van der Waals surface area contributed by atoms with Gasteiger partial charge >= 0.3 is 0 Å². The zero-order valence-electron chi connectivity index (χ0n) is 12.7. The van der Waals surface area contributed by atoms with Crippen molar-refractivity contribution in [3.05, 3.63) is 59.7 Å². The molecule has 0 atom stereocenters. The maximum atomic E-state index is 13.0. The van der Waals surface area contributed by atoms with Crippen molar-refractivity contribution in [2.45, 2.75) is 6.61 Å². The van der Waals surface area contributed by atoms with Crippen LogP contribution in [-0.2, 0) is 6.61 Å². The molecular formula is C16H13FN4O3. The van der Waals surface area contributed by atoms with Gasteiger partial charge in [0, 0.05) is 5.56 Å². The smallest absolute Gasteiger partial charge is 0.194 e. The zero-order chi connectivity index (χ0) is 16.9. The van der Waals surface area contributed by atoms with Gasteiger partial charge in [-0.05, 0) is 52.9 Å². The third-order valence-corrected chi connectivity index (χ3v) is 3.29. The van der Waals surface area contributed by atoms with E-state index in [1.54, 1.807) is 30.3 Å². The number of methoxy groups -OCH3 is 1. The Morgan fingerprint density at radius 1 is 1.17 bits per heavy atom. The summed E-state index contributed by atoms with van der Waals surface area (Å²) in [5.74, 6) is 0.977. The van der Waals surface area contributed by atoms with Crippen LogP contribution in [0.4, 0.5) is 4.39 Å². The number of nitrogens with zero attached hydrogens (tertiary/aromatic N) is 4. The molecule has 0 N–H and O–H groups in total. The quantitative estimate of drug-likeness (QED) is 0.646. The molecule has 24 heavy (non-hydrogen) atoms. The van der Waals surface area contributed by atoms with Crippen molar-refractivity contribution in [1.82, 2.24) is 20.2 Å². The van der Waals surface area contributed by atoms with E-state index in [-0.39, 0.29) is 12.4 Å². The minimum atomic E-state index is -0.343. The Balaban J connectivity index is 1.80. The highest BCUT2D eigenvalue weighted by Crippen LogP contribution is 2.28. The molecule has 1 aromatic heterocycles. The normalized spacial score (nSPS) is 10.4. The van der Waals surface area contributed by atoms with Crippen LogP contribution in [0.1, 0.15) is 16.2 Å². The fourth-order valence-electron chi connectivity index (χ4n) is 2.10. The fraction of sp³-hybridized carbons (Fsp3) is 0.125. The summed E-state index contributed by atoms with van der Waals surface area (Å²) in [6.45, 7) is 0.0706. The van der Waals surface area contributed by atoms with E-state index in [2.05, 4.69) is 15.5 Å². The van der Waals surface area contributed by atoms with Crippen molar-refractivity contribution < 1.29 is 18.7 Å². The number of aldehydes is 1. The lowest BCUT2D eigenvalue weighted by Gasteiger charge is -2.11. The standard InChI is InChI=1S/C16H13FN4O3/c1-23-15-8-11(9-22)2-7-14(15)24-10-16-18-19-20-21(16)13-5-3-12(17)4-6-13/h2-9H,10H2,1H3. The van der Waals surface area contributed by atoms with E-state index in [1.807, 2.05) is 0 Å². The van der Waals surface area contributed by atoms with Crippen LogP contribution in [0.15, 0.2) is 42.5 Å². The van der Waals surface area contributed by atoms with Crippen LogP contribution < -0.4 is 9.47 Å². The number of carbonyl (C=O) groups is 1. The minimum absolute atomic E-state index is 0.0706. The molecule has 122 valence electrons. The van der Waals surface area contributed by atoms with E-state index in [9.17, 15) is 9.18 Å². The molecular weight excluding hydrogens is 315 g/mol. The zero-order valence-corrected chi connectivity index (χ0v) is 12.7. The van der Waals surface area contributed by atoms with Crippen LogP contribution in [0.2, 0.25) is 0 Å². The molecule has 0 aliphatic rings. The number of halogens is 1. The first kappa shape index (κ1) is 15.6. The number of hydrogen-bond acceptors (Lipinski definition) is 6. The van der Waals surface area contributed by atoms with Crippen molar-refractivity contribution in [2.24, 2.45) is 0 Å². The summed E-state index contributed by atoms with van der Waals surface area (Å²) in [7, 11) is 1.49. The summed E-state index contributed by atoms with van der Waals surface area (Å²) < 4.78 is 25.4. The van der Waals surface area contributed by atoms with E-state index >= 15 is 0 Å². The Hall–Kier alpha value is -3.29. The molecule has 0 aliphatic heterocycles. The van der Waals surface area contributed by atoms with E-state index in [0.29, 0.717) is 28.6 Å². The first-order valence-electron chi connectivity index (χ1n) is 7.00. The second kappa shape index (κ2) is 6.86. The highest BCUT2D eigenvalue weighted by atomic mass is 19.1. The lowest BCUT2D eigenvalue weighted by molar-refractivity contribution is 0.112. The second-order valence-corrected chi connectivity index (χ2v) is 4.80. The number of aromatic nitrogens is 4. The van der Waals surface area contributed by atoms with Gasteiger partial charge in [0.2, 0.25) is 0 Å². The first-order chi connectivity index (χ1) is 11.7. The molecule has 7 nitrogen and oxygen atoms in total. The van der Waals surface area contributed by atoms with Gasteiger partial charge in [0.15, 0.2) is 23.9 Å². The molecule has 0 saturated heterocycles. The Labute approximate surface area is 136 Å². The molecule has 0 fully saturated rings. The molecule has 0 aliphatic carbocycles. The highest BCUT2D eigenvalue weighted by Gasteiger charge is 2.11. The third-order valence-electron chi connectivity index (χ3n) is 3.29. The lowest BCUT2D eigenvalue weighted by atomic mass is 10.2. The van der Waals surface area contributed by atoms with Gasteiger partial charge in [0.1, 0.15) is 12.1 Å². The Bertz CT molecular complexity index is 849. The molecule has 3 rings (SSSR count). The molecule has 0 amide bonds. The van der Waals surface area contributed by atoms with Gasteiger partial charge < -0.3 is 9.47 Å².